The third-order valence-electron chi connectivity index (χ3n) is 2.67. The fourth-order valence-corrected chi connectivity index (χ4v) is 2.11. The normalized spacial score (nSPS) is 16.0. The molecular weight excluding hydrogens is 196 g/mol. The molecule has 0 spiro atoms. The first-order chi connectivity index (χ1) is 6.81. The number of halogens is 1. The highest BCUT2D eigenvalue weighted by molar-refractivity contribution is 6.31. The summed E-state index contributed by atoms with van der Waals surface area (Å²) in [6.45, 7) is 2.33. The average molecular weight is 211 g/mol. The second-order valence-corrected chi connectivity index (χ2v) is 4.04. The van der Waals surface area contributed by atoms with Crippen molar-refractivity contribution in [2.45, 2.75) is 12.8 Å². The number of hydrogen-bond acceptors (Lipinski definition) is 2. The summed E-state index contributed by atoms with van der Waals surface area (Å²) in [6, 6.07) is 6.03. The number of nitrogens with zero attached hydrogens (tertiary/aromatic N) is 1. The molecule has 14 heavy (non-hydrogen) atoms. The van der Waals surface area contributed by atoms with Crippen LogP contribution in [0.25, 0.3) is 0 Å². The van der Waals surface area contributed by atoms with Gasteiger partial charge in [0.25, 0.3) is 0 Å². The van der Waals surface area contributed by atoms with Gasteiger partial charge in [0.1, 0.15) is 0 Å². The van der Waals surface area contributed by atoms with Crippen LogP contribution in [0, 0.1) is 0 Å². The van der Waals surface area contributed by atoms with Gasteiger partial charge in [-0.1, -0.05) is 11.6 Å². The number of hydrogen-bond donors (Lipinski definition) is 1. The zero-order chi connectivity index (χ0) is 9.97. The molecule has 0 radical (unpaired) electrons. The van der Waals surface area contributed by atoms with Crippen molar-refractivity contribution in [1.82, 2.24) is 0 Å². The Hall–Kier alpha value is -0.890. The fourth-order valence-electron chi connectivity index (χ4n) is 1.94. The molecule has 3 heteroatoms. The van der Waals surface area contributed by atoms with Crippen LogP contribution in [-0.2, 0) is 0 Å². The van der Waals surface area contributed by atoms with Gasteiger partial charge in [0.15, 0.2) is 0 Å². The lowest BCUT2D eigenvalue weighted by molar-refractivity contribution is 0.949. The molecule has 0 atom stereocenters. The first-order valence-electron chi connectivity index (χ1n) is 5.03. The molecule has 0 unspecified atom stereocenters. The van der Waals surface area contributed by atoms with Crippen molar-refractivity contribution in [2.75, 3.05) is 30.4 Å². The van der Waals surface area contributed by atoms with Crippen LogP contribution in [-0.4, -0.2) is 20.1 Å². The zero-order valence-corrected chi connectivity index (χ0v) is 9.14. The highest BCUT2D eigenvalue weighted by Crippen LogP contribution is 2.30. The van der Waals surface area contributed by atoms with E-state index in [0.29, 0.717) is 0 Å². The predicted octanol–water partition coefficient (Wildman–Crippen LogP) is 2.98. The Morgan fingerprint density at radius 3 is 2.64 bits per heavy atom. The molecule has 0 bridgehead atoms. The minimum atomic E-state index is 0.789. The Morgan fingerprint density at radius 2 is 2.00 bits per heavy atom. The van der Waals surface area contributed by atoms with Gasteiger partial charge in [-0.2, -0.15) is 0 Å². The molecule has 0 aliphatic carbocycles. The second-order valence-electron chi connectivity index (χ2n) is 3.61. The molecule has 2 nitrogen and oxygen atoms in total. The summed E-state index contributed by atoms with van der Waals surface area (Å²) in [5.74, 6) is 0. The maximum absolute atomic E-state index is 5.94. The fraction of sp³-hybridized carbons (Fsp3) is 0.455. The van der Waals surface area contributed by atoms with Crippen LogP contribution in [0.5, 0.6) is 0 Å². The molecule has 1 aromatic carbocycles. The first-order valence-corrected chi connectivity index (χ1v) is 5.41. The largest absolute Gasteiger partial charge is 0.386 e. The second kappa shape index (κ2) is 4.09. The van der Waals surface area contributed by atoms with Crippen molar-refractivity contribution in [3.63, 3.8) is 0 Å². The molecule has 1 N–H and O–H groups in total. The summed E-state index contributed by atoms with van der Waals surface area (Å²) in [7, 11) is 1.94. The Labute approximate surface area is 89.9 Å². The van der Waals surface area contributed by atoms with Gasteiger partial charge in [0.2, 0.25) is 0 Å². The van der Waals surface area contributed by atoms with Gasteiger partial charge >= 0.3 is 0 Å². The van der Waals surface area contributed by atoms with E-state index in [-0.39, 0.29) is 0 Å². The van der Waals surface area contributed by atoms with Crippen LogP contribution < -0.4 is 10.2 Å². The number of anilines is 2. The highest BCUT2D eigenvalue weighted by atomic mass is 35.5. The van der Waals surface area contributed by atoms with Gasteiger partial charge in [-0.25, -0.2) is 0 Å². The van der Waals surface area contributed by atoms with Crippen molar-refractivity contribution in [3.05, 3.63) is 23.2 Å². The van der Waals surface area contributed by atoms with Crippen molar-refractivity contribution >= 4 is 23.0 Å². The van der Waals surface area contributed by atoms with E-state index < -0.39 is 0 Å². The van der Waals surface area contributed by atoms with Gasteiger partial charge in [-0.3, -0.25) is 0 Å². The molecule has 0 saturated carbocycles. The lowest BCUT2D eigenvalue weighted by Gasteiger charge is -2.21. The molecule has 1 heterocycles. The maximum atomic E-state index is 5.94. The number of nitrogens with one attached hydrogen (secondary N) is 1. The van der Waals surface area contributed by atoms with Crippen molar-refractivity contribution < 1.29 is 0 Å². The number of benzene rings is 1. The summed E-state index contributed by atoms with van der Waals surface area (Å²) in [6.07, 6.45) is 2.59. The molecular formula is C11H15ClN2. The lowest BCUT2D eigenvalue weighted by atomic mass is 10.2. The van der Waals surface area contributed by atoms with Crippen molar-refractivity contribution in [3.8, 4) is 0 Å². The van der Waals surface area contributed by atoms with E-state index in [1.54, 1.807) is 0 Å². The molecule has 1 aromatic rings. The summed E-state index contributed by atoms with van der Waals surface area (Å²) >= 11 is 5.94. The quantitative estimate of drug-likeness (QED) is 0.808. The zero-order valence-electron chi connectivity index (χ0n) is 8.39. The van der Waals surface area contributed by atoms with E-state index in [1.807, 2.05) is 19.2 Å². The van der Waals surface area contributed by atoms with Crippen molar-refractivity contribution in [1.29, 1.82) is 0 Å². The Kier molecular flexibility index (Phi) is 2.82. The standard InChI is InChI=1S/C11H15ClN2/c1-13-10-8-9(12)4-5-11(10)14-6-2-3-7-14/h4-5,8,13H,2-3,6-7H2,1H3. The van der Waals surface area contributed by atoms with Gasteiger partial charge in [0, 0.05) is 25.2 Å². The minimum Gasteiger partial charge on any atom is -0.386 e. The van der Waals surface area contributed by atoms with Gasteiger partial charge < -0.3 is 10.2 Å². The third kappa shape index (κ3) is 1.80. The summed E-state index contributed by atoms with van der Waals surface area (Å²) in [4.78, 5) is 2.40. The summed E-state index contributed by atoms with van der Waals surface area (Å²) in [5, 5.41) is 3.98. The Morgan fingerprint density at radius 1 is 1.29 bits per heavy atom. The topological polar surface area (TPSA) is 15.3 Å². The van der Waals surface area contributed by atoms with Gasteiger partial charge in [0.05, 0.1) is 11.4 Å². The van der Waals surface area contributed by atoms with E-state index in [4.69, 9.17) is 11.6 Å². The Balaban J connectivity index is 2.31. The lowest BCUT2D eigenvalue weighted by Crippen LogP contribution is -2.18. The SMILES string of the molecule is CNc1cc(Cl)ccc1N1CCCC1. The van der Waals surface area contributed by atoms with E-state index >= 15 is 0 Å². The number of rotatable bonds is 2. The van der Waals surface area contributed by atoms with Crippen LogP contribution in [0.15, 0.2) is 18.2 Å². The van der Waals surface area contributed by atoms with E-state index in [0.717, 1.165) is 23.8 Å². The minimum absolute atomic E-state index is 0.789. The molecule has 2 rings (SSSR count). The molecule has 76 valence electrons. The molecule has 1 aliphatic heterocycles. The third-order valence-corrected chi connectivity index (χ3v) is 2.91. The van der Waals surface area contributed by atoms with Crippen LogP contribution in [0.4, 0.5) is 11.4 Å². The van der Waals surface area contributed by atoms with Crippen LogP contribution >= 0.6 is 11.6 Å². The molecule has 1 saturated heterocycles. The molecule has 1 aliphatic rings. The summed E-state index contributed by atoms with van der Waals surface area (Å²) < 4.78 is 0. The van der Waals surface area contributed by atoms with Crippen molar-refractivity contribution in [2.24, 2.45) is 0 Å². The van der Waals surface area contributed by atoms with Gasteiger partial charge in [-0.15, -0.1) is 0 Å². The molecule has 0 amide bonds. The van der Waals surface area contributed by atoms with Crippen LogP contribution in [0.1, 0.15) is 12.8 Å². The summed E-state index contributed by atoms with van der Waals surface area (Å²) in [5.41, 5.74) is 2.40. The maximum Gasteiger partial charge on any atom is 0.0602 e. The molecule has 1 fully saturated rings. The Bertz CT molecular complexity index is 319. The van der Waals surface area contributed by atoms with E-state index in [2.05, 4.69) is 16.3 Å². The van der Waals surface area contributed by atoms with E-state index in [9.17, 15) is 0 Å². The predicted molar refractivity (Wildman–Crippen MR) is 62.4 cm³/mol. The van der Waals surface area contributed by atoms with E-state index in [1.165, 1.54) is 18.5 Å². The highest BCUT2D eigenvalue weighted by Gasteiger charge is 2.15. The van der Waals surface area contributed by atoms with Crippen LogP contribution in [0.3, 0.4) is 0 Å². The monoisotopic (exact) mass is 210 g/mol. The average Bonchev–Trinajstić information content (AvgIpc) is 2.70. The van der Waals surface area contributed by atoms with Crippen LogP contribution in [0.2, 0.25) is 5.02 Å². The molecule has 0 aromatic heterocycles. The smallest absolute Gasteiger partial charge is 0.0602 e. The van der Waals surface area contributed by atoms with Gasteiger partial charge in [-0.05, 0) is 31.0 Å². The first kappa shape index (κ1) is 9.66.